The SMILES string of the molecule is O=Cc1c(Cl)cnc2c1OCC1=C(CCCC1)c1ccnn1CC2(F)F. The maximum Gasteiger partial charge on any atom is 0.312 e. The molecular formula is C18H16ClF2N3O2. The summed E-state index contributed by atoms with van der Waals surface area (Å²) >= 11 is 5.97. The van der Waals surface area contributed by atoms with Gasteiger partial charge in [-0.1, -0.05) is 11.6 Å². The molecule has 2 aromatic heterocycles. The third kappa shape index (κ3) is 2.80. The number of hydrogen-bond donors (Lipinski definition) is 0. The Hall–Kier alpha value is -2.28. The fourth-order valence-corrected chi connectivity index (χ4v) is 3.75. The summed E-state index contributed by atoms with van der Waals surface area (Å²) in [7, 11) is 0. The molecule has 4 rings (SSSR count). The number of nitrogens with zero attached hydrogens (tertiary/aromatic N) is 3. The van der Waals surface area contributed by atoms with Crippen molar-refractivity contribution < 1.29 is 18.3 Å². The lowest BCUT2D eigenvalue weighted by atomic mass is 9.90. The molecule has 0 atom stereocenters. The molecule has 26 heavy (non-hydrogen) atoms. The number of ether oxygens (including phenoxy) is 1. The van der Waals surface area contributed by atoms with E-state index in [0.29, 0.717) is 12.0 Å². The molecule has 1 aliphatic carbocycles. The van der Waals surface area contributed by atoms with Crippen LogP contribution in [0.2, 0.25) is 5.02 Å². The fraction of sp³-hybridized carbons (Fsp3) is 0.389. The van der Waals surface area contributed by atoms with E-state index in [4.69, 9.17) is 16.3 Å². The third-order valence-corrected chi connectivity index (χ3v) is 5.14. The molecular weight excluding hydrogens is 364 g/mol. The summed E-state index contributed by atoms with van der Waals surface area (Å²) in [4.78, 5) is 15.2. The highest BCUT2D eigenvalue weighted by molar-refractivity contribution is 6.33. The maximum atomic E-state index is 15.0. The predicted molar refractivity (Wildman–Crippen MR) is 91.6 cm³/mol. The van der Waals surface area contributed by atoms with Crippen molar-refractivity contribution in [3.8, 4) is 5.75 Å². The smallest absolute Gasteiger partial charge is 0.312 e. The Kier molecular flexibility index (Phi) is 4.26. The van der Waals surface area contributed by atoms with E-state index < -0.39 is 18.2 Å². The van der Waals surface area contributed by atoms with E-state index in [9.17, 15) is 4.79 Å². The molecule has 0 spiro atoms. The average molecular weight is 380 g/mol. The monoisotopic (exact) mass is 379 g/mol. The number of aldehydes is 1. The minimum Gasteiger partial charge on any atom is -0.486 e. The minimum absolute atomic E-state index is 0.00997. The van der Waals surface area contributed by atoms with Gasteiger partial charge >= 0.3 is 5.92 Å². The number of rotatable bonds is 1. The van der Waals surface area contributed by atoms with Crippen molar-refractivity contribution >= 4 is 23.5 Å². The number of fused-ring (bicyclic) bond motifs is 3. The van der Waals surface area contributed by atoms with Crippen LogP contribution in [0.1, 0.15) is 47.4 Å². The molecule has 0 unspecified atom stereocenters. The zero-order valence-corrected chi connectivity index (χ0v) is 14.6. The molecule has 0 amide bonds. The summed E-state index contributed by atoms with van der Waals surface area (Å²) in [6.07, 6.45) is 6.62. The standard InChI is InChI=1S/C18H16ClF2N3O2/c19-14-7-22-17-16(13(14)8-25)26-9-11-3-1-2-4-12(11)15-5-6-23-24(15)10-18(17,20)21/h5-8H,1-4,9-10H2. The molecule has 2 aliphatic rings. The largest absolute Gasteiger partial charge is 0.486 e. The number of halogens is 3. The van der Waals surface area contributed by atoms with Crippen LogP contribution < -0.4 is 4.74 Å². The quantitative estimate of drug-likeness (QED) is 0.695. The second-order valence-electron chi connectivity index (χ2n) is 6.47. The molecule has 0 saturated carbocycles. The van der Waals surface area contributed by atoms with Gasteiger partial charge in [-0.15, -0.1) is 0 Å². The zero-order valence-electron chi connectivity index (χ0n) is 13.8. The van der Waals surface area contributed by atoms with E-state index in [-0.39, 0.29) is 22.9 Å². The van der Waals surface area contributed by atoms with Crippen molar-refractivity contribution in [2.45, 2.75) is 38.2 Å². The van der Waals surface area contributed by atoms with Crippen molar-refractivity contribution in [3.63, 3.8) is 0 Å². The minimum atomic E-state index is -3.37. The molecule has 3 heterocycles. The predicted octanol–water partition coefficient (Wildman–Crippen LogP) is 4.26. The van der Waals surface area contributed by atoms with Gasteiger partial charge < -0.3 is 4.74 Å². The van der Waals surface area contributed by atoms with Crippen LogP contribution in [0.25, 0.3) is 5.57 Å². The summed E-state index contributed by atoms with van der Waals surface area (Å²) < 4.78 is 37.0. The van der Waals surface area contributed by atoms with Gasteiger partial charge in [0.1, 0.15) is 13.2 Å². The van der Waals surface area contributed by atoms with E-state index in [2.05, 4.69) is 10.1 Å². The third-order valence-electron chi connectivity index (χ3n) is 4.84. The topological polar surface area (TPSA) is 57.0 Å². The maximum absolute atomic E-state index is 15.0. The highest BCUT2D eigenvalue weighted by Gasteiger charge is 2.40. The number of pyridine rings is 1. The van der Waals surface area contributed by atoms with Crippen LogP contribution in [-0.2, 0) is 12.5 Å². The number of alkyl halides is 2. The van der Waals surface area contributed by atoms with E-state index in [1.54, 1.807) is 6.07 Å². The lowest BCUT2D eigenvalue weighted by molar-refractivity contribution is -0.0324. The molecule has 0 aromatic carbocycles. The van der Waals surface area contributed by atoms with Crippen LogP contribution in [0.15, 0.2) is 24.0 Å². The average Bonchev–Trinajstić information content (AvgIpc) is 3.06. The summed E-state index contributed by atoms with van der Waals surface area (Å²) in [5.41, 5.74) is 2.03. The molecule has 1 aliphatic heterocycles. The van der Waals surface area contributed by atoms with Gasteiger partial charge in [0, 0.05) is 12.4 Å². The number of aromatic nitrogens is 3. The second-order valence-corrected chi connectivity index (χ2v) is 6.88. The Morgan fingerprint density at radius 1 is 1.31 bits per heavy atom. The Morgan fingerprint density at radius 2 is 2.12 bits per heavy atom. The first kappa shape index (κ1) is 17.1. The Labute approximate surface area is 153 Å². The first-order valence-corrected chi connectivity index (χ1v) is 8.77. The molecule has 8 heteroatoms. The zero-order chi connectivity index (χ0) is 18.3. The molecule has 136 valence electrons. The second kappa shape index (κ2) is 6.46. The molecule has 0 bridgehead atoms. The molecule has 0 radical (unpaired) electrons. The number of carbonyl (C=O) groups excluding carboxylic acids is 1. The van der Waals surface area contributed by atoms with Crippen molar-refractivity contribution in [1.29, 1.82) is 0 Å². The van der Waals surface area contributed by atoms with Gasteiger partial charge in [-0.3, -0.25) is 9.48 Å². The van der Waals surface area contributed by atoms with Gasteiger partial charge in [0.25, 0.3) is 0 Å². The van der Waals surface area contributed by atoms with Gasteiger partial charge in [-0.2, -0.15) is 13.9 Å². The molecule has 5 nitrogen and oxygen atoms in total. The lowest BCUT2D eigenvalue weighted by Crippen LogP contribution is -2.27. The van der Waals surface area contributed by atoms with Gasteiger partial charge in [0.2, 0.25) is 0 Å². The fourth-order valence-electron chi connectivity index (χ4n) is 3.58. The van der Waals surface area contributed by atoms with Crippen LogP contribution in [0.5, 0.6) is 5.75 Å². The van der Waals surface area contributed by atoms with E-state index >= 15 is 8.78 Å². The normalized spacial score (nSPS) is 19.0. The first-order chi connectivity index (χ1) is 12.5. The number of carbonyl (C=O) groups is 1. The molecule has 0 fully saturated rings. The van der Waals surface area contributed by atoms with Crippen molar-refractivity contribution in [2.24, 2.45) is 0 Å². The van der Waals surface area contributed by atoms with E-state index in [0.717, 1.165) is 43.0 Å². The Morgan fingerprint density at radius 3 is 2.92 bits per heavy atom. The van der Waals surface area contributed by atoms with Crippen molar-refractivity contribution in [1.82, 2.24) is 14.8 Å². The van der Waals surface area contributed by atoms with E-state index in [1.807, 2.05) is 0 Å². The number of hydrogen-bond acceptors (Lipinski definition) is 4. The van der Waals surface area contributed by atoms with Gasteiger partial charge in [0.05, 0.1) is 16.3 Å². The van der Waals surface area contributed by atoms with Crippen LogP contribution in [0, 0.1) is 0 Å². The lowest BCUT2D eigenvalue weighted by Gasteiger charge is -2.27. The van der Waals surface area contributed by atoms with Crippen LogP contribution >= 0.6 is 11.6 Å². The first-order valence-electron chi connectivity index (χ1n) is 8.39. The Bertz CT molecular complexity index is 908. The molecule has 0 saturated heterocycles. The highest BCUT2D eigenvalue weighted by atomic mass is 35.5. The van der Waals surface area contributed by atoms with Gasteiger partial charge in [-0.05, 0) is 42.9 Å². The molecule has 2 aromatic rings. The highest BCUT2D eigenvalue weighted by Crippen LogP contribution is 2.41. The van der Waals surface area contributed by atoms with Crippen LogP contribution in [0.3, 0.4) is 0 Å². The Balaban J connectivity index is 1.93. The summed E-state index contributed by atoms with van der Waals surface area (Å²) in [6, 6.07) is 1.76. The van der Waals surface area contributed by atoms with Gasteiger partial charge in [-0.25, -0.2) is 4.98 Å². The van der Waals surface area contributed by atoms with E-state index in [1.165, 1.54) is 10.9 Å². The van der Waals surface area contributed by atoms with Gasteiger partial charge in [0.15, 0.2) is 17.7 Å². The molecule has 0 N–H and O–H groups in total. The van der Waals surface area contributed by atoms with Crippen LogP contribution in [-0.4, -0.2) is 27.7 Å². The van der Waals surface area contributed by atoms with Crippen LogP contribution in [0.4, 0.5) is 8.78 Å². The summed E-state index contributed by atoms with van der Waals surface area (Å²) in [5.74, 6) is -3.61. The summed E-state index contributed by atoms with van der Waals surface area (Å²) in [6.45, 7) is -0.568. The number of allylic oxidation sites excluding steroid dienone is 1. The summed E-state index contributed by atoms with van der Waals surface area (Å²) in [5, 5.41) is 4.08. The van der Waals surface area contributed by atoms with Crippen molar-refractivity contribution in [2.75, 3.05) is 6.61 Å². The van der Waals surface area contributed by atoms with Crippen molar-refractivity contribution in [3.05, 3.63) is 46.0 Å².